The van der Waals surface area contributed by atoms with Gasteiger partial charge in [-0.15, -0.1) is 0 Å². The molecule has 0 aliphatic rings. The molecule has 0 amide bonds. The zero-order valence-electron chi connectivity index (χ0n) is 6.92. The molecule has 3 atom stereocenters. The van der Waals surface area contributed by atoms with Crippen molar-refractivity contribution in [2.45, 2.75) is 19.1 Å². The monoisotopic (exact) mass is 160 g/mol. The molecule has 0 aromatic carbocycles. The summed E-state index contributed by atoms with van der Waals surface area (Å²) in [6.45, 7) is 5.03. The Bertz CT molecular complexity index is 136. The molecule has 64 valence electrons. The highest BCUT2D eigenvalue weighted by Crippen LogP contribution is 2.23. The molecule has 0 aromatic heterocycles. The minimum Gasteiger partial charge on any atom is -0.396 e. The van der Waals surface area contributed by atoms with E-state index in [4.69, 9.17) is 10.2 Å². The number of hydrogen-bond donors (Lipinski definition) is 2. The summed E-state index contributed by atoms with van der Waals surface area (Å²) in [4.78, 5) is 0. The van der Waals surface area contributed by atoms with Gasteiger partial charge in [-0.25, -0.2) is 4.39 Å². The summed E-state index contributed by atoms with van der Waals surface area (Å²) < 4.78 is 12.3. The van der Waals surface area contributed by atoms with Crippen molar-refractivity contribution in [3.63, 3.8) is 0 Å². The van der Waals surface area contributed by atoms with Crippen LogP contribution in [0, 0.1) is 5.92 Å². The van der Waals surface area contributed by atoms with Gasteiger partial charge in [-0.3, -0.25) is 0 Å². The second-order valence-corrected chi connectivity index (χ2v) is 2.89. The first-order chi connectivity index (χ1) is 5.00. The Morgan fingerprint density at radius 1 is 1.73 bits per heavy atom. The molecule has 0 aromatic rings. The van der Waals surface area contributed by atoms with Crippen molar-refractivity contribution in [2.24, 2.45) is 5.92 Å². The smallest absolute Gasteiger partial charge is 0.205 e. The van der Waals surface area contributed by atoms with E-state index in [1.54, 1.807) is 0 Å². The molecule has 2 nitrogen and oxygen atoms in total. The molecular formula is C7H14BFO2. The lowest BCUT2D eigenvalue weighted by Gasteiger charge is -2.20. The summed E-state index contributed by atoms with van der Waals surface area (Å²) in [5.74, 6) is -0.757. The number of rotatable bonds is 4. The van der Waals surface area contributed by atoms with Crippen LogP contribution >= 0.6 is 0 Å². The molecule has 0 heterocycles. The van der Waals surface area contributed by atoms with Crippen LogP contribution in [0.25, 0.3) is 0 Å². The molecule has 0 bridgehead atoms. The lowest BCUT2D eigenvalue weighted by atomic mass is 9.78. The normalized spacial score (nSPS) is 18.9. The van der Waals surface area contributed by atoms with E-state index in [0.717, 1.165) is 0 Å². The van der Waals surface area contributed by atoms with E-state index in [2.05, 4.69) is 6.58 Å². The fourth-order valence-corrected chi connectivity index (χ4v) is 0.809. The Kier molecular flexibility index (Phi) is 4.37. The number of halogens is 1. The van der Waals surface area contributed by atoms with Crippen molar-refractivity contribution in [3.8, 4) is 0 Å². The van der Waals surface area contributed by atoms with Crippen molar-refractivity contribution in [3.05, 3.63) is 12.2 Å². The van der Waals surface area contributed by atoms with Crippen LogP contribution in [0.2, 0.25) is 5.82 Å². The SMILES string of the molecule is B[C@@H](C)C(=C)[C@H](CO)[C@@H](O)F. The highest BCUT2D eigenvalue weighted by Gasteiger charge is 2.22. The Morgan fingerprint density at radius 2 is 2.18 bits per heavy atom. The van der Waals surface area contributed by atoms with E-state index >= 15 is 0 Å². The van der Waals surface area contributed by atoms with Gasteiger partial charge < -0.3 is 10.2 Å². The molecule has 4 heteroatoms. The van der Waals surface area contributed by atoms with Gasteiger partial charge in [0, 0.05) is 0 Å². The molecule has 0 fully saturated rings. The van der Waals surface area contributed by atoms with Crippen LogP contribution in [0.3, 0.4) is 0 Å². The van der Waals surface area contributed by atoms with Gasteiger partial charge in [0.1, 0.15) is 7.85 Å². The summed E-state index contributed by atoms with van der Waals surface area (Å²) in [5, 5.41) is 17.2. The molecule has 2 N–H and O–H groups in total. The standard InChI is InChI=1S/C7H14BFO2/c1-4(5(2)8)6(3-10)7(9)11/h5-7,10-11H,1,3,8H2,2H3/t5-,6-,7+/m0/s1. The van der Waals surface area contributed by atoms with Crippen LogP contribution in [0.1, 0.15) is 6.92 Å². The van der Waals surface area contributed by atoms with E-state index in [9.17, 15) is 4.39 Å². The summed E-state index contributed by atoms with van der Waals surface area (Å²) in [7, 11) is 1.84. The molecule has 0 radical (unpaired) electrons. The summed E-state index contributed by atoms with van der Waals surface area (Å²) in [5.41, 5.74) is 0.544. The zero-order valence-corrected chi connectivity index (χ0v) is 6.92. The Labute approximate surface area is 67.1 Å². The molecule has 0 unspecified atom stereocenters. The quantitative estimate of drug-likeness (QED) is 0.444. The first kappa shape index (κ1) is 10.7. The fourth-order valence-electron chi connectivity index (χ4n) is 0.809. The predicted octanol–water partition coefficient (Wildman–Crippen LogP) is -0.120. The fraction of sp³-hybridized carbons (Fsp3) is 0.714. The third-order valence-corrected chi connectivity index (χ3v) is 1.75. The van der Waals surface area contributed by atoms with Crippen LogP contribution in [0.15, 0.2) is 12.2 Å². The van der Waals surface area contributed by atoms with Gasteiger partial charge in [-0.05, 0) is 0 Å². The third kappa shape index (κ3) is 3.03. The predicted molar refractivity (Wildman–Crippen MR) is 44.8 cm³/mol. The lowest BCUT2D eigenvalue weighted by Crippen LogP contribution is -2.22. The highest BCUT2D eigenvalue weighted by molar-refractivity contribution is 6.13. The van der Waals surface area contributed by atoms with Gasteiger partial charge >= 0.3 is 0 Å². The average Bonchev–Trinajstić information content (AvgIpc) is 1.88. The Hall–Kier alpha value is -0.345. The molecule has 0 saturated carbocycles. The second-order valence-electron chi connectivity index (χ2n) is 2.89. The summed E-state index contributed by atoms with van der Waals surface area (Å²) in [6, 6.07) is 0. The van der Waals surface area contributed by atoms with Gasteiger partial charge in [0.25, 0.3) is 0 Å². The number of aliphatic hydroxyl groups is 2. The maximum atomic E-state index is 12.3. The van der Waals surface area contributed by atoms with Crippen molar-refractivity contribution < 1.29 is 14.6 Å². The van der Waals surface area contributed by atoms with Crippen LogP contribution in [-0.2, 0) is 0 Å². The van der Waals surface area contributed by atoms with Gasteiger partial charge in [-0.1, -0.05) is 24.9 Å². The van der Waals surface area contributed by atoms with E-state index in [1.807, 2.05) is 14.8 Å². The first-order valence-corrected chi connectivity index (χ1v) is 3.62. The molecule has 0 saturated heterocycles. The second kappa shape index (κ2) is 4.52. The van der Waals surface area contributed by atoms with E-state index in [0.29, 0.717) is 5.57 Å². The Morgan fingerprint density at radius 3 is 2.27 bits per heavy atom. The maximum Gasteiger partial charge on any atom is 0.205 e. The molecule has 0 spiro atoms. The maximum absolute atomic E-state index is 12.3. The zero-order chi connectivity index (χ0) is 9.02. The van der Waals surface area contributed by atoms with Crippen molar-refractivity contribution in [2.75, 3.05) is 6.61 Å². The topological polar surface area (TPSA) is 40.5 Å². The largest absolute Gasteiger partial charge is 0.396 e. The van der Waals surface area contributed by atoms with Crippen molar-refractivity contribution >= 4 is 7.85 Å². The molecular weight excluding hydrogens is 146 g/mol. The summed E-state index contributed by atoms with van der Waals surface area (Å²) >= 11 is 0. The van der Waals surface area contributed by atoms with E-state index < -0.39 is 18.9 Å². The van der Waals surface area contributed by atoms with Crippen LogP contribution in [0.4, 0.5) is 4.39 Å². The van der Waals surface area contributed by atoms with Crippen molar-refractivity contribution in [1.82, 2.24) is 0 Å². The highest BCUT2D eigenvalue weighted by atomic mass is 19.1. The van der Waals surface area contributed by atoms with Crippen LogP contribution in [0.5, 0.6) is 0 Å². The van der Waals surface area contributed by atoms with Gasteiger partial charge in [0.2, 0.25) is 6.36 Å². The average molecular weight is 160 g/mol. The minimum absolute atomic E-state index is 0.0811. The number of alkyl halides is 1. The lowest BCUT2D eigenvalue weighted by molar-refractivity contribution is -0.0176. The molecule has 11 heavy (non-hydrogen) atoms. The molecule has 0 rings (SSSR count). The Balaban J connectivity index is 4.15. The molecule has 0 aliphatic heterocycles. The van der Waals surface area contributed by atoms with E-state index in [-0.39, 0.29) is 5.82 Å². The first-order valence-electron chi connectivity index (χ1n) is 3.62. The number of aliphatic hydroxyl groups excluding tert-OH is 2. The summed E-state index contributed by atoms with van der Waals surface area (Å²) in [6.07, 6.45) is -2.00. The third-order valence-electron chi connectivity index (χ3n) is 1.75. The minimum atomic E-state index is -2.00. The van der Waals surface area contributed by atoms with E-state index in [1.165, 1.54) is 0 Å². The van der Waals surface area contributed by atoms with Gasteiger partial charge in [0.15, 0.2) is 0 Å². The van der Waals surface area contributed by atoms with Crippen molar-refractivity contribution in [1.29, 1.82) is 0 Å². The van der Waals surface area contributed by atoms with Gasteiger partial charge in [-0.2, -0.15) is 0 Å². The van der Waals surface area contributed by atoms with Crippen LogP contribution in [-0.4, -0.2) is 31.0 Å². The van der Waals surface area contributed by atoms with Crippen LogP contribution < -0.4 is 0 Å². The van der Waals surface area contributed by atoms with Gasteiger partial charge in [0.05, 0.1) is 12.5 Å². The number of hydrogen-bond acceptors (Lipinski definition) is 2. The molecule has 0 aliphatic carbocycles.